The summed E-state index contributed by atoms with van der Waals surface area (Å²) in [5, 5.41) is 0. The fourth-order valence-corrected chi connectivity index (χ4v) is 5.39. The van der Waals surface area contributed by atoms with Crippen LogP contribution in [0.4, 0.5) is 0 Å². The molecule has 1 unspecified atom stereocenters. The molecular weight excluding hydrogens is 526 g/mol. The van der Waals surface area contributed by atoms with Gasteiger partial charge >= 0.3 is 5.97 Å². The molecule has 0 aliphatic carbocycles. The van der Waals surface area contributed by atoms with E-state index in [4.69, 9.17) is 14.5 Å². The van der Waals surface area contributed by atoms with Gasteiger partial charge in [-0.15, -0.1) is 0 Å². The Kier molecular flexibility index (Phi) is 10.7. The zero-order valence-corrected chi connectivity index (χ0v) is 25.4. The van der Waals surface area contributed by atoms with Gasteiger partial charge in [0.15, 0.2) is 0 Å². The number of carbonyl (C=O) groups excluding carboxylic acids is 1. The van der Waals surface area contributed by atoms with E-state index in [0.29, 0.717) is 23.6 Å². The Hall–Kier alpha value is -4.26. The van der Waals surface area contributed by atoms with Crippen LogP contribution in [0.2, 0.25) is 0 Å². The Morgan fingerprint density at radius 1 is 0.905 bits per heavy atom. The molecule has 220 valence electrons. The van der Waals surface area contributed by atoms with Crippen molar-refractivity contribution < 1.29 is 14.3 Å². The average Bonchev–Trinajstić information content (AvgIpc) is 3.00. The van der Waals surface area contributed by atoms with Crippen molar-refractivity contribution >= 4 is 5.97 Å². The highest BCUT2D eigenvalue weighted by Gasteiger charge is 2.26. The SMILES string of the molecule is CCCc1cc(Cc2c(CCC)nc(C)n(-c3ccccn3)c2=O)cc(CCC)c1OC(C(=O)OC)c1ccccc1. The van der Waals surface area contributed by atoms with E-state index in [9.17, 15) is 9.59 Å². The lowest BCUT2D eigenvalue weighted by atomic mass is 9.94. The van der Waals surface area contributed by atoms with Gasteiger partial charge in [0.05, 0.1) is 12.8 Å². The minimum absolute atomic E-state index is 0.0890. The van der Waals surface area contributed by atoms with E-state index in [1.54, 1.807) is 10.8 Å². The van der Waals surface area contributed by atoms with Crippen LogP contribution in [0.1, 0.15) is 85.5 Å². The maximum Gasteiger partial charge on any atom is 0.351 e. The van der Waals surface area contributed by atoms with Crippen molar-refractivity contribution in [3.05, 3.63) is 117 Å². The Bertz CT molecular complexity index is 1520. The molecule has 0 amide bonds. The molecule has 0 aliphatic heterocycles. The summed E-state index contributed by atoms with van der Waals surface area (Å²) in [5.74, 6) is 1.47. The number of ether oxygens (including phenoxy) is 2. The number of hydrogen-bond donors (Lipinski definition) is 0. The van der Waals surface area contributed by atoms with Crippen LogP contribution in [0, 0.1) is 6.92 Å². The number of esters is 1. The van der Waals surface area contributed by atoms with Crippen molar-refractivity contribution in [1.29, 1.82) is 0 Å². The standard InChI is InChI=1S/C35H41N3O4/c1-6-14-27-21-25(22-28(15-7-2)32(27)42-33(35(40)41-5)26-17-10-9-11-18-26)23-29-30(16-8-3)37-24(4)38(34(29)39)31-19-12-13-20-36-31/h9-13,17-22,33H,6-8,14-16,23H2,1-5H3. The van der Waals surface area contributed by atoms with Crippen LogP contribution in [0.15, 0.2) is 71.7 Å². The molecule has 4 aromatic rings. The number of hydrogen-bond acceptors (Lipinski definition) is 6. The maximum absolute atomic E-state index is 14.0. The summed E-state index contributed by atoms with van der Waals surface area (Å²) in [6.45, 7) is 8.20. The van der Waals surface area contributed by atoms with Gasteiger partial charge in [-0.25, -0.2) is 19.3 Å². The first-order valence-electron chi connectivity index (χ1n) is 14.9. The summed E-state index contributed by atoms with van der Waals surface area (Å²) >= 11 is 0. The molecule has 0 fully saturated rings. The Labute approximate surface area is 248 Å². The van der Waals surface area contributed by atoms with Gasteiger partial charge in [-0.05, 0) is 55.0 Å². The fourth-order valence-electron chi connectivity index (χ4n) is 5.39. The Morgan fingerprint density at radius 3 is 2.12 bits per heavy atom. The summed E-state index contributed by atoms with van der Waals surface area (Å²) in [6.07, 6.45) is 6.21. The van der Waals surface area contributed by atoms with Crippen LogP contribution in [-0.2, 0) is 35.2 Å². The first-order valence-corrected chi connectivity index (χ1v) is 14.9. The van der Waals surface area contributed by atoms with E-state index in [1.165, 1.54) is 7.11 Å². The number of carbonyl (C=O) groups is 1. The van der Waals surface area contributed by atoms with E-state index < -0.39 is 12.1 Å². The Balaban J connectivity index is 1.83. The molecule has 2 aromatic heterocycles. The van der Waals surface area contributed by atoms with Crippen LogP contribution in [0.5, 0.6) is 5.75 Å². The molecule has 0 spiro atoms. The number of nitrogens with zero attached hydrogens (tertiary/aromatic N) is 3. The second-order valence-electron chi connectivity index (χ2n) is 10.5. The van der Waals surface area contributed by atoms with Crippen molar-refractivity contribution in [3.8, 4) is 11.6 Å². The van der Waals surface area contributed by atoms with E-state index in [-0.39, 0.29) is 5.56 Å². The van der Waals surface area contributed by atoms with Gasteiger partial charge in [0, 0.05) is 23.7 Å². The first kappa shape index (κ1) is 30.7. The van der Waals surface area contributed by atoms with Gasteiger partial charge in [0.2, 0.25) is 6.10 Å². The van der Waals surface area contributed by atoms with Gasteiger partial charge in [0.1, 0.15) is 17.4 Å². The van der Waals surface area contributed by atoms with Crippen LogP contribution in [-0.4, -0.2) is 27.6 Å². The topological polar surface area (TPSA) is 83.3 Å². The van der Waals surface area contributed by atoms with Crippen LogP contribution in [0.3, 0.4) is 0 Å². The van der Waals surface area contributed by atoms with Gasteiger partial charge < -0.3 is 9.47 Å². The second kappa shape index (κ2) is 14.6. The number of aryl methyl sites for hydroxylation is 4. The van der Waals surface area contributed by atoms with E-state index >= 15 is 0 Å². The summed E-state index contributed by atoms with van der Waals surface area (Å²) in [4.78, 5) is 36.2. The number of rotatable bonds is 13. The second-order valence-corrected chi connectivity index (χ2v) is 10.5. The highest BCUT2D eigenvalue weighted by atomic mass is 16.6. The van der Waals surface area contributed by atoms with Crippen LogP contribution < -0.4 is 10.3 Å². The van der Waals surface area contributed by atoms with Gasteiger partial charge in [-0.3, -0.25) is 4.79 Å². The molecule has 2 heterocycles. The lowest BCUT2D eigenvalue weighted by Gasteiger charge is -2.23. The molecule has 0 bridgehead atoms. The number of pyridine rings is 1. The molecule has 7 nitrogen and oxygen atoms in total. The van der Waals surface area contributed by atoms with Gasteiger partial charge in [-0.2, -0.15) is 0 Å². The van der Waals surface area contributed by atoms with Crippen molar-refractivity contribution in [3.63, 3.8) is 0 Å². The predicted octanol–water partition coefficient (Wildman–Crippen LogP) is 6.68. The summed E-state index contributed by atoms with van der Waals surface area (Å²) < 4.78 is 13.3. The predicted molar refractivity (Wildman–Crippen MR) is 165 cm³/mol. The molecule has 7 heteroatoms. The number of aromatic nitrogens is 3. The van der Waals surface area contributed by atoms with Crippen molar-refractivity contribution in [2.75, 3.05) is 7.11 Å². The lowest BCUT2D eigenvalue weighted by Crippen LogP contribution is -2.29. The summed E-state index contributed by atoms with van der Waals surface area (Å²) in [7, 11) is 1.38. The van der Waals surface area contributed by atoms with Gasteiger partial charge in [0.25, 0.3) is 5.56 Å². The van der Waals surface area contributed by atoms with Crippen molar-refractivity contribution in [2.24, 2.45) is 0 Å². The molecule has 4 rings (SSSR count). The molecule has 0 saturated heterocycles. The van der Waals surface area contributed by atoms with E-state index in [0.717, 1.165) is 72.2 Å². The highest BCUT2D eigenvalue weighted by Crippen LogP contribution is 2.34. The average molecular weight is 568 g/mol. The Morgan fingerprint density at radius 2 is 1.55 bits per heavy atom. The molecule has 0 N–H and O–H groups in total. The monoisotopic (exact) mass is 567 g/mol. The molecule has 0 saturated carbocycles. The van der Waals surface area contributed by atoms with Crippen LogP contribution >= 0.6 is 0 Å². The number of methoxy groups -OCH3 is 1. The van der Waals surface area contributed by atoms with Crippen LogP contribution in [0.25, 0.3) is 5.82 Å². The molecule has 0 radical (unpaired) electrons. The molecular formula is C35H41N3O4. The first-order chi connectivity index (χ1) is 20.4. The molecule has 42 heavy (non-hydrogen) atoms. The zero-order chi connectivity index (χ0) is 30.1. The molecule has 1 atom stereocenters. The van der Waals surface area contributed by atoms with Gasteiger partial charge in [-0.1, -0.05) is 88.6 Å². The molecule has 2 aromatic carbocycles. The third-order valence-corrected chi connectivity index (χ3v) is 7.27. The third-order valence-electron chi connectivity index (χ3n) is 7.27. The van der Waals surface area contributed by atoms with Crippen molar-refractivity contribution in [1.82, 2.24) is 14.5 Å². The molecule has 0 aliphatic rings. The minimum atomic E-state index is -0.878. The maximum atomic E-state index is 14.0. The summed E-state index contributed by atoms with van der Waals surface area (Å²) in [5.41, 5.74) is 5.23. The normalized spacial score (nSPS) is 11.7. The highest BCUT2D eigenvalue weighted by molar-refractivity contribution is 5.77. The third kappa shape index (κ3) is 6.96. The quantitative estimate of drug-likeness (QED) is 0.168. The minimum Gasteiger partial charge on any atom is -0.473 e. The lowest BCUT2D eigenvalue weighted by molar-refractivity contribution is -0.149. The van der Waals surface area contributed by atoms with E-state index in [2.05, 4.69) is 37.9 Å². The van der Waals surface area contributed by atoms with E-state index in [1.807, 2.05) is 55.5 Å². The smallest absolute Gasteiger partial charge is 0.351 e. The largest absolute Gasteiger partial charge is 0.473 e. The number of benzene rings is 2. The summed E-state index contributed by atoms with van der Waals surface area (Å²) in [6, 6.07) is 19.2. The zero-order valence-electron chi connectivity index (χ0n) is 25.4. The fraction of sp³-hybridized carbons (Fsp3) is 0.371. The van der Waals surface area contributed by atoms with Crippen molar-refractivity contribution in [2.45, 2.75) is 78.7 Å².